The first-order valence-corrected chi connectivity index (χ1v) is 7.73. The number of allylic oxidation sites excluding steroid dienone is 2. The lowest BCUT2D eigenvalue weighted by molar-refractivity contribution is -0.380. The third-order valence-electron chi connectivity index (χ3n) is 4.43. The molecule has 1 aromatic carbocycles. The molecule has 2 N–H and O–H groups in total. The first-order valence-electron chi connectivity index (χ1n) is 7.73. The van der Waals surface area contributed by atoms with Crippen molar-refractivity contribution < 1.29 is 19.3 Å². The molecule has 0 radical (unpaired) electrons. The van der Waals surface area contributed by atoms with Crippen molar-refractivity contribution in [3.63, 3.8) is 0 Å². The second-order valence-electron chi connectivity index (χ2n) is 5.72. The molecule has 2 unspecified atom stereocenters. The summed E-state index contributed by atoms with van der Waals surface area (Å²) in [5, 5.41) is 3.29. The summed E-state index contributed by atoms with van der Waals surface area (Å²) >= 11 is 0. The van der Waals surface area contributed by atoms with Crippen molar-refractivity contribution in [2.24, 2.45) is 0 Å². The fourth-order valence-electron chi connectivity index (χ4n) is 3.23. The summed E-state index contributed by atoms with van der Waals surface area (Å²) in [6.07, 6.45) is 9.72. The summed E-state index contributed by atoms with van der Waals surface area (Å²) in [6, 6.07) is 4.98. The van der Waals surface area contributed by atoms with E-state index >= 15 is 0 Å². The topological polar surface area (TPSA) is 64.8 Å². The van der Waals surface area contributed by atoms with E-state index in [1.807, 2.05) is 48.7 Å². The Morgan fingerprint density at radius 3 is 2.79 bits per heavy atom. The van der Waals surface area contributed by atoms with E-state index < -0.39 is 6.04 Å². The van der Waals surface area contributed by atoms with Crippen LogP contribution in [0.25, 0.3) is 0 Å². The number of carbonyl (C=O) groups excluding carboxylic acids is 1. The smallest absolute Gasteiger partial charge is 0.256 e. The molecule has 0 saturated carbocycles. The molecule has 4 rings (SSSR count). The Morgan fingerprint density at radius 1 is 1.17 bits per heavy atom. The lowest BCUT2D eigenvalue weighted by Crippen LogP contribution is -2.74. The van der Waals surface area contributed by atoms with Gasteiger partial charge in [-0.15, -0.1) is 0 Å². The average Bonchev–Trinajstić information content (AvgIpc) is 2.98. The molecule has 2 heterocycles. The van der Waals surface area contributed by atoms with Gasteiger partial charge in [-0.3, -0.25) is 9.69 Å². The van der Waals surface area contributed by atoms with Gasteiger partial charge in [0, 0.05) is 6.08 Å². The summed E-state index contributed by atoms with van der Waals surface area (Å²) in [5.74, 6) is 2.03. The minimum absolute atomic E-state index is 0.0115. The minimum atomic E-state index is -0.448. The van der Waals surface area contributed by atoms with Crippen LogP contribution >= 0.6 is 0 Å². The summed E-state index contributed by atoms with van der Waals surface area (Å²) < 4.78 is 10.6. The zero-order valence-corrected chi connectivity index (χ0v) is 13.4. The van der Waals surface area contributed by atoms with Crippen LogP contribution in [0.15, 0.2) is 54.5 Å². The average molecular weight is 324 g/mol. The minimum Gasteiger partial charge on any atom is -0.493 e. The monoisotopic (exact) mass is 324 g/mol. The van der Waals surface area contributed by atoms with Gasteiger partial charge in [0.2, 0.25) is 11.9 Å². The molecule has 1 amide bonds. The molecule has 122 valence electrons. The number of nitrogens with zero attached hydrogens (tertiary/aromatic N) is 1. The number of ether oxygens (including phenoxy) is 2. The molecule has 1 saturated heterocycles. The van der Waals surface area contributed by atoms with Gasteiger partial charge in [-0.05, 0) is 17.7 Å². The number of methoxy groups -OCH3 is 2. The molecule has 2 aliphatic heterocycles. The van der Waals surface area contributed by atoms with Gasteiger partial charge in [0.05, 0.1) is 14.2 Å². The summed E-state index contributed by atoms with van der Waals surface area (Å²) in [6.45, 7) is 0. The molecule has 1 fully saturated rings. The van der Waals surface area contributed by atoms with Crippen molar-refractivity contribution in [3.8, 4) is 11.5 Å². The highest BCUT2D eigenvalue weighted by molar-refractivity contribution is 6.02. The highest BCUT2D eigenvalue weighted by Gasteiger charge is 2.45. The van der Waals surface area contributed by atoms with E-state index in [4.69, 9.17) is 9.47 Å². The van der Waals surface area contributed by atoms with Gasteiger partial charge in [0.25, 0.3) is 5.91 Å². The second-order valence-corrected chi connectivity index (χ2v) is 5.72. The number of hydrogen-bond acceptors (Lipinski definition) is 4. The Morgan fingerprint density at radius 2 is 2.00 bits per heavy atom. The SMILES string of the molecule is COc1ccc(C2NC3=C[NH+]=C4C=CC=CC4N3C2=O)cc1OC. The maximum atomic E-state index is 13.0. The Balaban J connectivity index is 1.68. The van der Waals surface area contributed by atoms with Gasteiger partial charge in [-0.25, -0.2) is 4.99 Å². The van der Waals surface area contributed by atoms with Crippen LogP contribution in [0.2, 0.25) is 0 Å². The number of hydrogen-bond donors (Lipinski definition) is 2. The molecule has 1 aromatic rings. The van der Waals surface area contributed by atoms with E-state index in [2.05, 4.69) is 10.3 Å². The van der Waals surface area contributed by atoms with Crippen molar-refractivity contribution in [2.75, 3.05) is 14.2 Å². The predicted octanol–water partition coefficient (Wildman–Crippen LogP) is 0.00540. The first kappa shape index (κ1) is 14.6. The molecule has 6 heteroatoms. The molecule has 3 aliphatic rings. The molecule has 1 aliphatic carbocycles. The van der Waals surface area contributed by atoms with Gasteiger partial charge in [0.1, 0.15) is 12.1 Å². The number of rotatable bonds is 3. The van der Waals surface area contributed by atoms with Crippen LogP contribution in [-0.2, 0) is 4.79 Å². The normalized spacial score (nSPS) is 23.9. The van der Waals surface area contributed by atoms with E-state index in [-0.39, 0.29) is 11.9 Å². The van der Waals surface area contributed by atoms with Crippen LogP contribution in [0, 0.1) is 0 Å². The first-order chi connectivity index (χ1) is 11.7. The summed E-state index contributed by atoms with van der Waals surface area (Å²) in [5.41, 5.74) is 1.83. The molecule has 6 nitrogen and oxygen atoms in total. The standard InChI is InChI=1S/C18H17N3O3/c1-23-14-8-7-11(9-15(14)24-2)17-18(22)21-13-6-4-3-5-12(13)19-10-16(21)20-17/h3-10,13,17,20H,1-2H3/p+1. The largest absolute Gasteiger partial charge is 0.493 e. The van der Waals surface area contributed by atoms with Crippen LogP contribution in [0.1, 0.15) is 11.6 Å². The van der Waals surface area contributed by atoms with E-state index in [0.717, 1.165) is 17.1 Å². The van der Waals surface area contributed by atoms with Crippen LogP contribution in [0.5, 0.6) is 11.5 Å². The number of carbonyl (C=O) groups is 1. The molecular formula is C18H18N3O3+. The molecular weight excluding hydrogens is 306 g/mol. The van der Waals surface area contributed by atoms with Crippen molar-refractivity contribution in [1.29, 1.82) is 0 Å². The van der Waals surface area contributed by atoms with E-state index in [0.29, 0.717) is 11.5 Å². The third kappa shape index (κ3) is 2.11. The van der Waals surface area contributed by atoms with Crippen LogP contribution in [0.4, 0.5) is 0 Å². The maximum Gasteiger partial charge on any atom is 0.256 e. The van der Waals surface area contributed by atoms with Crippen molar-refractivity contribution >= 4 is 11.6 Å². The molecule has 0 aromatic heterocycles. The second kappa shape index (κ2) is 5.56. The van der Waals surface area contributed by atoms with Crippen molar-refractivity contribution in [3.05, 3.63) is 60.1 Å². The maximum absolute atomic E-state index is 13.0. The Kier molecular flexibility index (Phi) is 3.37. The summed E-state index contributed by atoms with van der Waals surface area (Å²) in [4.78, 5) is 18.0. The number of amides is 1. The molecule has 0 bridgehead atoms. The lowest BCUT2D eigenvalue weighted by Gasteiger charge is -2.25. The number of nitrogens with one attached hydrogen (secondary N) is 2. The lowest BCUT2D eigenvalue weighted by atomic mass is 10.0. The molecule has 0 spiro atoms. The van der Waals surface area contributed by atoms with E-state index in [1.54, 1.807) is 19.1 Å². The van der Waals surface area contributed by atoms with Gasteiger partial charge in [0.15, 0.2) is 17.3 Å². The molecule has 2 atom stereocenters. The van der Waals surface area contributed by atoms with Crippen LogP contribution in [0.3, 0.4) is 0 Å². The van der Waals surface area contributed by atoms with Crippen molar-refractivity contribution in [2.45, 2.75) is 12.1 Å². The Labute approximate surface area is 139 Å². The predicted molar refractivity (Wildman–Crippen MR) is 88.4 cm³/mol. The zero-order valence-electron chi connectivity index (χ0n) is 13.4. The quantitative estimate of drug-likeness (QED) is 0.822. The highest BCUT2D eigenvalue weighted by Crippen LogP contribution is 2.34. The van der Waals surface area contributed by atoms with Gasteiger partial charge in [-0.1, -0.05) is 24.3 Å². The number of fused-ring (bicyclic) bond motifs is 3. The third-order valence-corrected chi connectivity index (χ3v) is 4.43. The zero-order chi connectivity index (χ0) is 16.7. The van der Waals surface area contributed by atoms with Crippen molar-refractivity contribution in [1.82, 2.24) is 10.2 Å². The van der Waals surface area contributed by atoms with Crippen LogP contribution in [-0.4, -0.2) is 36.8 Å². The van der Waals surface area contributed by atoms with Crippen LogP contribution < -0.4 is 19.8 Å². The van der Waals surface area contributed by atoms with E-state index in [9.17, 15) is 4.79 Å². The van der Waals surface area contributed by atoms with Gasteiger partial charge >= 0.3 is 0 Å². The van der Waals surface area contributed by atoms with Gasteiger partial charge in [-0.2, -0.15) is 0 Å². The number of benzene rings is 1. The van der Waals surface area contributed by atoms with E-state index in [1.165, 1.54) is 0 Å². The Bertz CT molecular complexity index is 823. The molecule has 24 heavy (non-hydrogen) atoms. The summed E-state index contributed by atoms with van der Waals surface area (Å²) in [7, 11) is 3.18. The fraction of sp³-hybridized carbons (Fsp3) is 0.222. The highest BCUT2D eigenvalue weighted by atomic mass is 16.5. The fourth-order valence-corrected chi connectivity index (χ4v) is 3.23. The van der Waals surface area contributed by atoms with Gasteiger partial charge < -0.3 is 14.8 Å². The Hall–Kier alpha value is -3.02.